The lowest BCUT2D eigenvalue weighted by Crippen LogP contribution is -2.47. The molecule has 138 valence electrons. The number of hydrogen-bond acceptors (Lipinski definition) is 4. The van der Waals surface area contributed by atoms with Crippen LogP contribution in [-0.4, -0.2) is 48.2 Å². The molecule has 0 aromatic heterocycles. The predicted octanol–water partition coefficient (Wildman–Crippen LogP) is 3.06. The lowest BCUT2D eigenvalue weighted by molar-refractivity contribution is -0.143. The number of carboxylic acids is 1. The van der Waals surface area contributed by atoms with Gasteiger partial charge in [0, 0.05) is 18.2 Å². The SMILES string of the molecule is COc1cc(C(=O)N2CC(C(=O)O)CCC2C)ccc1OCC(C)C. The molecule has 1 aromatic rings. The highest BCUT2D eigenvalue weighted by molar-refractivity contribution is 5.95. The van der Waals surface area contributed by atoms with Crippen LogP contribution in [0.1, 0.15) is 44.0 Å². The molecule has 6 heteroatoms. The number of carboxylic acid groups (broad SMARTS) is 1. The Bertz CT molecular complexity index is 628. The number of nitrogens with zero attached hydrogens (tertiary/aromatic N) is 1. The van der Waals surface area contributed by atoms with E-state index in [1.165, 1.54) is 7.11 Å². The topological polar surface area (TPSA) is 76.1 Å². The first-order valence-corrected chi connectivity index (χ1v) is 8.68. The summed E-state index contributed by atoms with van der Waals surface area (Å²) >= 11 is 0. The van der Waals surface area contributed by atoms with Gasteiger partial charge in [-0.1, -0.05) is 13.8 Å². The minimum atomic E-state index is -0.847. The van der Waals surface area contributed by atoms with Crippen molar-refractivity contribution in [1.82, 2.24) is 4.90 Å². The molecule has 1 heterocycles. The summed E-state index contributed by atoms with van der Waals surface area (Å²) < 4.78 is 11.1. The number of benzene rings is 1. The van der Waals surface area contributed by atoms with Crippen LogP contribution in [0, 0.1) is 11.8 Å². The van der Waals surface area contributed by atoms with E-state index in [0.717, 1.165) is 0 Å². The number of ether oxygens (including phenoxy) is 2. The number of carbonyl (C=O) groups excluding carboxylic acids is 1. The van der Waals surface area contributed by atoms with Crippen LogP contribution < -0.4 is 9.47 Å². The van der Waals surface area contributed by atoms with Crippen molar-refractivity contribution in [2.75, 3.05) is 20.3 Å². The smallest absolute Gasteiger partial charge is 0.308 e. The minimum Gasteiger partial charge on any atom is -0.493 e. The second kappa shape index (κ2) is 8.23. The van der Waals surface area contributed by atoms with Crippen LogP contribution in [0.5, 0.6) is 11.5 Å². The van der Waals surface area contributed by atoms with E-state index >= 15 is 0 Å². The molecule has 0 saturated carbocycles. The summed E-state index contributed by atoms with van der Waals surface area (Å²) in [6.45, 7) is 6.87. The minimum absolute atomic E-state index is 0.0194. The van der Waals surface area contributed by atoms with Crippen LogP contribution >= 0.6 is 0 Å². The van der Waals surface area contributed by atoms with Crippen LogP contribution in [-0.2, 0) is 4.79 Å². The van der Waals surface area contributed by atoms with Gasteiger partial charge in [0.2, 0.25) is 0 Å². The first kappa shape index (κ1) is 19.1. The Balaban J connectivity index is 2.19. The number of aliphatic carboxylic acids is 1. The van der Waals surface area contributed by atoms with Gasteiger partial charge in [-0.25, -0.2) is 0 Å². The van der Waals surface area contributed by atoms with Crippen molar-refractivity contribution < 1.29 is 24.2 Å². The quantitative estimate of drug-likeness (QED) is 0.854. The summed E-state index contributed by atoms with van der Waals surface area (Å²) in [7, 11) is 1.54. The molecule has 6 nitrogen and oxygen atoms in total. The Morgan fingerprint density at radius 3 is 2.60 bits per heavy atom. The number of methoxy groups -OCH3 is 1. The molecule has 25 heavy (non-hydrogen) atoms. The zero-order valence-electron chi connectivity index (χ0n) is 15.3. The third-order valence-electron chi connectivity index (χ3n) is 4.47. The van der Waals surface area contributed by atoms with E-state index < -0.39 is 11.9 Å². The normalized spacial score (nSPS) is 20.4. The average molecular weight is 349 g/mol. The molecule has 1 amide bonds. The Labute approximate surface area is 148 Å². The van der Waals surface area contributed by atoms with E-state index in [2.05, 4.69) is 13.8 Å². The van der Waals surface area contributed by atoms with Crippen LogP contribution in [0.25, 0.3) is 0 Å². The van der Waals surface area contributed by atoms with Crippen molar-refractivity contribution in [3.05, 3.63) is 23.8 Å². The van der Waals surface area contributed by atoms with Crippen LogP contribution in [0.3, 0.4) is 0 Å². The lowest BCUT2D eigenvalue weighted by atomic mass is 9.93. The highest BCUT2D eigenvalue weighted by Crippen LogP contribution is 2.30. The van der Waals surface area contributed by atoms with E-state index in [-0.39, 0.29) is 18.5 Å². The molecule has 2 rings (SSSR count). The lowest BCUT2D eigenvalue weighted by Gasteiger charge is -2.36. The van der Waals surface area contributed by atoms with Crippen molar-refractivity contribution in [3.63, 3.8) is 0 Å². The molecule has 2 atom stereocenters. The van der Waals surface area contributed by atoms with Crippen molar-refractivity contribution >= 4 is 11.9 Å². The van der Waals surface area contributed by atoms with Crippen LogP contribution in [0.15, 0.2) is 18.2 Å². The molecule has 0 spiro atoms. The first-order chi connectivity index (χ1) is 11.8. The first-order valence-electron chi connectivity index (χ1n) is 8.68. The number of piperidine rings is 1. The maximum atomic E-state index is 12.9. The maximum Gasteiger partial charge on any atom is 0.308 e. The molecule has 0 bridgehead atoms. The molecule has 2 unspecified atom stereocenters. The Morgan fingerprint density at radius 1 is 1.28 bits per heavy atom. The fraction of sp³-hybridized carbons (Fsp3) is 0.579. The molecule has 1 aliphatic heterocycles. The van der Waals surface area contributed by atoms with E-state index in [9.17, 15) is 14.7 Å². The van der Waals surface area contributed by atoms with Gasteiger partial charge in [0.05, 0.1) is 19.6 Å². The number of amides is 1. The largest absolute Gasteiger partial charge is 0.493 e. The van der Waals surface area contributed by atoms with Gasteiger partial charge in [0.1, 0.15) is 0 Å². The van der Waals surface area contributed by atoms with Gasteiger partial charge in [0.25, 0.3) is 5.91 Å². The molecule has 1 N–H and O–H groups in total. The molecule has 1 fully saturated rings. The number of likely N-dealkylation sites (tertiary alicyclic amines) is 1. The third kappa shape index (κ3) is 4.65. The molecule has 1 aliphatic rings. The summed E-state index contributed by atoms with van der Waals surface area (Å²) in [4.78, 5) is 25.8. The fourth-order valence-electron chi connectivity index (χ4n) is 2.93. The highest BCUT2D eigenvalue weighted by Gasteiger charge is 2.33. The van der Waals surface area contributed by atoms with Crippen molar-refractivity contribution in [3.8, 4) is 11.5 Å². The fourth-order valence-corrected chi connectivity index (χ4v) is 2.93. The second-order valence-electron chi connectivity index (χ2n) is 6.99. The van der Waals surface area contributed by atoms with Gasteiger partial charge >= 0.3 is 5.97 Å². The monoisotopic (exact) mass is 349 g/mol. The predicted molar refractivity (Wildman–Crippen MR) is 94.2 cm³/mol. The molecule has 0 aliphatic carbocycles. The molecule has 1 aromatic carbocycles. The van der Waals surface area contributed by atoms with Gasteiger partial charge in [-0.3, -0.25) is 9.59 Å². The molecule has 1 saturated heterocycles. The third-order valence-corrected chi connectivity index (χ3v) is 4.47. The standard InChI is InChI=1S/C19H27NO5/c1-12(2)11-25-16-8-7-14(9-17(16)24-4)18(21)20-10-15(19(22)23)6-5-13(20)3/h7-9,12-13,15H,5-6,10-11H2,1-4H3,(H,22,23). The summed E-state index contributed by atoms with van der Waals surface area (Å²) in [5.74, 6) is -0.0375. The van der Waals surface area contributed by atoms with E-state index in [1.54, 1.807) is 23.1 Å². The zero-order valence-corrected chi connectivity index (χ0v) is 15.3. The Kier molecular flexibility index (Phi) is 6.28. The summed E-state index contributed by atoms with van der Waals surface area (Å²) in [5, 5.41) is 9.24. The zero-order chi connectivity index (χ0) is 18.6. The number of carbonyl (C=O) groups is 2. The van der Waals surface area contributed by atoms with Crippen LogP contribution in [0.4, 0.5) is 0 Å². The van der Waals surface area contributed by atoms with Gasteiger partial charge in [-0.05, 0) is 43.9 Å². The highest BCUT2D eigenvalue weighted by atomic mass is 16.5. The van der Waals surface area contributed by atoms with Gasteiger partial charge in [-0.2, -0.15) is 0 Å². The van der Waals surface area contributed by atoms with E-state index in [1.807, 2.05) is 6.92 Å². The Hall–Kier alpha value is -2.24. The molecular weight excluding hydrogens is 322 g/mol. The van der Waals surface area contributed by atoms with E-state index in [0.29, 0.717) is 42.4 Å². The average Bonchev–Trinajstić information content (AvgIpc) is 2.59. The van der Waals surface area contributed by atoms with Gasteiger partial charge < -0.3 is 19.5 Å². The second-order valence-corrected chi connectivity index (χ2v) is 6.99. The van der Waals surface area contributed by atoms with Crippen molar-refractivity contribution in [1.29, 1.82) is 0 Å². The number of hydrogen-bond donors (Lipinski definition) is 1. The summed E-state index contributed by atoms with van der Waals surface area (Å²) in [5.41, 5.74) is 0.478. The Morgan fingerprint density at radius 2 is 2.00 bits per heavy atom. The maximum absolute atomic E-state index is 12.9. The van der Waals surface area contributed by atoms with Crippen LogP contribution in [0.2, 0.25) is 0 Å². The van der Waals surface area contributed by atoms with Crippen molar-refractivity contribution in [2.24, 2.45) is 11.8 Å². The van der Waals surface area contributed by atoms with E-state index in [4.69, 9.17) is 9.47 Å². The summed E-state index contributed by atoms with van der Waals surface area (Å²) in [6, 6.07) is 5.12. The summed E-state index contributed by atoms with van der Waals surface area (Å²) in [6.07, 6.45) is 1.29. The van der Waals surface area contributed by atoms with Gasteiger partial charge in [0.15, 0.2) is 11.5 Å². The van der Waals surface area contributed by atoms with Crippen molar-refractivity contribution in [2.45, 2.75) is 39.7 Å². The molecule has 0 radical (unpaired) electrons. The van der Waals surface area contributed by atoms with Gasteiger partial charge in [-0.15, -0.1) is 0 Å². The number of rotatable bonds is 6. The molecular formula is C19H27NO5.